The number of hydrogen-bond acceptors (Lipinski definition) is 5. The summed E-state index contributed by atoms with van der Waals surface area (Å²) in [5.41, 5.74) is 2.16. The number of methoxy groups -OCH3 is 1. The van der Waals surface area contributed by atoms with E-state index in [9.17, 15) is 0 Å². The van der Waals surface area contributed by atoms with Crippen LogP contribution in [0.3, 0.4) is 0 Å². The Morgan fingerprint density at radius 1 is 1.07 bits per heavy atom. The van der Waals surface area contributed by atoms with E-state index in [0.29, 0.717) is 31.3 Å². The van der Waals surface area contributed by atoms with Crippen molar-refractivity contribution < 1.29 is 18.9 Å². The number of benzene rings is 2. The lowest BCUT2D eigenvalue weighted by molar-refractivity contribution is 0.171. The van der Waals surface area contributed by atoms with Gasteiger partial charge in [-0.1, -0.05) is 13.0 Å². The lowest BCUT2D eigenvalue weighted by atomic mass is 10.2. The third-order valence-electron chi connectivity index (χ3n) is 4.03. The van der Waals surface area contributed by atoms with Crippen LogP contribution in [-0.2, 0) is 13.2 Å². The summed E-state index contributed by atoms with van der Waals surface area (Å²) in [6, 6.07) is 9.92. The highest BCUT2D eigenvalue weighted by atomic mass is 79.9. The van der Waals surface area contributed by atoms with Crippen LogP contribution in [0.15, 0.2) is 34.8 Å². The van der Waals surface area contributed by atoms with Crippen LogP contribution >= 0.6 is 28.3 Å². The molecule has 1 N–H and O–H groups in total. The van der Waals surface area contributed by atoms with E-state index in [2.05, 4.69) is 34.2 Å². The molecule has 0 atom stereocenters. The number of hydrogen-bond donors (Lipinski definition) is 1. The van der Waals surface area contributed by atoms with Gasteiger partial charge in [-0.15, -0.1) is 12.4 Å². The monoisotopic (exact) mass is 457 g/mol. The molecule has 2 aromatic carbocycles. The Balaban J connectivity index is 0.00000261. The van der Waals surface area contributed by atoms with Crippen molar-refractivity contribution in [2.45, 2.75) is 26.5 Å². The number of fused-ring (bicyclic) bond motifs is 1. The maximum absolute atomic E-state index is 6.03. The largest absolute Gasteiger partial charge is 0.493 e. The Kier molecular flexibility index (Phi) is 8.54. The van der Waals surface area contributed by atoms with Crippen molar-refractivity contribution in [2.24, 2.45) is 0 Å². The standard InChI is InChI=1S/C20H24BrNO4.ClH/c1-3-6-22-12-15-9-16(21)20(19(11-15)23-2)26-13-14-4-5-17-18(10-14)25-8-7-24-17;/h4-5,9-11,22H,3,6-8,12-13H2,1-2H3;1H. The van der Waals surface area contributed by atoms with Crippen molar-refractivity contribution in [3.05, 3.63) is 45.9 Å². The summed E-state index contributed by atoms with van der Waals surface area (Å²) < 4.78 is 23.6. The predicted octanol–water partition coefficient (Wildman–Crippen LogP) is 4.73. The van der Waals surface area contributed by atoms with Gasteiger partial charge in [0.05, 0.1) is 11.6 Å². The molecular weight excluding hydrogens is 434 g/mol. The van der Waals surface area contributed by atoms with E-state index in [0.717, 1.165) is 46.6 Å². The van der Waals surface area contributed by atoms with E-state index in [1.165, 1.54) is 0 Å². The van der Waals surface area contributed by atoms with Crippen molar-refractivity contribution in [1.82, 2.24) is 5.32 Å². The Morgan fingerprint density at radius 3 is 2.59 bits per heavy atom. The van der Waals surface area contributed by atoms with Gasteiger partial charge in [0.2, 0.25) is 0 Å². The van der Waals surface area contributed by atoms with Gasteiger partial charge in [-0.05, 0) is 64.3 Å². The second-order valence-electron chi connectivity index (χ2n) is 6.05. The second kappa shape index (κ2) is 10.6. The van der Waals surface area contributed by atoms with Crippen LogP contribution in [0.1, 0.15) is 24.5 Å². The molecule has 1 aliphatic rings. The number of rotatable bonds is 8. The molecule has 0 fully saturated rings. The zero-order valence-electron chi connectivity index (χ0n) is 15.5. The summed E-state index contributed by atoms with van der Waals surface area (Å²) in [7, 11) is 1.65. The van der Waals surface area contributed by atoms with E-state index in [1.54, 1.807) is 7.11 Å². The topological polar surface area (TPSA) is 49.0 Å². The molecule has 0 amide bonds. The van der Waals surface area contributed by atoms with E-state index in [4.69, 9.17) is 18.9 Å². The van der Waals surface area contributed by atoms with Crippen LogP contribution < -0.4 is 24.3 Å². The molecular formula is C20H25BrClNO4. The van der Waals surface area contributed by atoms with E-state index >= 15 is 0 Å². The van der Waals surface area contributed by atoms with Crippen LogP contribution in [0.25, 0.3) is 0 Å². The van der Waals surface area contributed by atoms with Gasteiger partial charge < -0.3 is 24.3 Å². The molecule has 148 valence electrons. The zero-order valence-corrected chi connectivity index (χ0v) is 18.0. The molecule has 27 heavy (non-hydrogen) atoms. The molecule has 7 heteroatoms. The number of halogens is 2. The van der Waals surface area contributed by atoms with Gasteiger partial charge in [0, 0.05) is 6.54 Å². The Labute approximate surface area is 174 Å². The molecule has 0 saturated carbocycles. The second-order valence-corrected chi connectivity index (χ2v) is 6.91. The fraction of sp³-hybridized carbons (Fsp3) is 0.400. The van der Waals surface area contributed by atoms with Crippen molar-refractivity contribution in [3.63, 3.8) is 0 Å². The Bertz CT molecular complexity index is 757. The van der Waals surface area contributed by atoms with Gasteiger partial charge in [0.25, 0.3) is 0 Å². The summed E-state index contributed by atoms with van der Waals surface area (Å²) in [6.07, 6.45) is 1.11. The summed E-state index contributed by atoms with van der Waals surface area (Å²) in [5, 5.41) is 3.39. The molecule has 0 bridgehead atoms. The minimum Gasteiger partial charge on any atom is -0.493 e. The van der Waals surface area contributed by atoms with Crippen LogP contribution in [0.4, 0.5) is 0 Å². The first-order valence-corrected chi connectivity index (χ1v) is 9.59. The van der Waals surface area contributed by atoms with Crippen molar-refractivity contribution in [1.29, 1.82) is 0 Å². The third-order valence-corrected chi connectivity index (χ3v) is 4.62. The molecule has 2 aromatic rings. The smallest absolute Gasteiger partial charge is 0.175 e. The SMILES string of the molecule is CCCNCc1cc(Br)c(OCc2ccc3c(c2)OCCO3)c(OC)c1.Cl. The molecule has 1 aliphatic heterocycles. The first-order chi connectivity index (χ1) is 12.7. The molecule has 0 aromatic heterocycles. The summed E-state index contributed by atoms with van der Waals surface area (Å²) in [5.74, 6) is 2.95. The fourth-order valence-corrected chi connectivity index (χ4v) is 3.36. The van der Waals surface area contributed by atoms with Crippen molar-refractivity contribution in [3.8, 4) is 23.0 Å². The van der Waals surface area contributed by atoms with E-state index in [1.807, 2.05) is 24.3 Å². The van der Waals surface area contributed by atoms with Crippen LogP contribution in [0.5, 0.6) is 23.0 Å². The predicted molar refractivity (Wildman–Crippen MR) is 112 cm³/mol. The Morgan fingerprint density at radius 2 is 1.85 bits per heavy atom. The number of ether oxygens (including phenoxy) is 4. The average Bonchev–Trinajstić information content (AvgIpc) is 2.67. The summed E-state index contributed by atoms with van der Waals surface area (Å²) in [4.78, 5) is 0. The molecule has 0 saturated heterocycles. The van der Waals surface area contributed by atoms with E-state index in [-0.39, 0.29) is 12.4 Å². The molecule has 0 aliphatic carbocycles. The molecule has 5 nitrogen and oxygen atoms in total. The van der Waals surface area contributed by atoms with Crippen molar-refractivity contribution in [2.75, 3.05) is 26.9 Å². The Hall–Kier alpha value is -1.63. The first kappa shape index (κ1) is 21.7. The van der Waals surface area contributed by atoms with Gasteiger partial charge in [-0.2, -0.15) is 0 Å². The molecule has 0 spiro atoms. The highest BCUT2D eigenvalue weighted by molar-refractivity contribution is 9.10. The van der Waals surface area contributed by atoms with Gasteiger partial charge in [0.15, 0.2) is 23.0 Å². The third kappa shape index (κ3) is 5.67. The molecule has 3 rings (SSSR count). The van der Waals surface area contributed by atoms with Gasteiger partial charge in [0.1, 0.15) is 19.8 Å². The zero-order chi connectivity index (χ0) is 18.4. The molecule has 0 unspecified atom stereocenters. The van der Waals surface area contributed by atoms with Crippen molar-refractivity contribution >= 4 is 28.3 Å². The normalized spacial score (nSPS) is 12.3. The highest BCUT2D eigenvalue weighted by Gasteiger charge is 2.14. The quantitative estimate of drug-likeness (QED) is 0.580. The fourth-order valence-electron chi connectivity index (χ4n) is 2.76. The van der Waals surface area contributed by atoms with Gasteiger partial charge >= 0.3 is 0 Å². The maximum Gasteiger partial charge on any atom is 0.175 e. The highest BCUT2D eigenvalue weighted by Crippen LogP contribution is 2.38. The summed E-state index contributed by atoms with van der Waals surface area (Å²) >= 11 is 3.60. The van der Waals surface area contributed by atoms with Gasteiger partial charge in [-0.3, -0.25) is 0 Å². The van der Waals surface area contributed by atoms with Gasteiger partial charge in [-0.25, -0.2) is 0 Å². The maximum atomic E-state index is 6.03. The summed E-state index contributed by atoms with van der Waals surface area (Å²) in [6.45, 7) is 5.52. The first-order valence-electron chi connectivity index (χ1n) is 8.79. The van der Waals surface area contributed by atoms with Crippen LogP contribution in [0.2, 0.25) is 0 Å². The number of nitrogens with one attached hydrogen (secondary N) is 1. The van der Waals surface area contributed by atoms with Crippen LogP contribution in [-0.4, -0.2) is 26.9 Å². The van der Waals surface area contributed by atoms with E-state index < -0.39 is 0 Å². The lowest BCUT2D eigenvalue weighted by Crippen LogP contribution is -2.15. The van der Waals surface area contributed by atoms with Crippen LogP contribution in [0, 0.1) is 0 Å². The minimum atomic E-state index is 0. The average molecular weight is 459 g/mol. The molecule has 0 radical (unpaired) electrons. The lowest BCUT2D eigenvalue weighted by Gasteiger charge is -2.19. The minimum absolute atomic E-state index is 0. The molecule has 1 heterocycles.